The van der Waals surface area contributed by atoms with Crippen LogP contribution in [0.2, 0.25) is 0 Å². The number of H-pyrrole nitrogens is 2. The number of aromatic nitrogens is 3. The second kappa shape index (κ2) is 8.75. The minimum absolute atomic E-state index is 0.0661. The van der Waals surface area contributed by atoms with Gasteiger partial charge in [-0.05, 0) is 30.7 Å². The number of carbonyl (C=O) groups excluding carboxylic acids is 1. The van der Waals surface area contributed by atoms with Gasteiger partial charge in [-0.15, -0.1) is 0 Å². The van der Waals surface area contributed by atoms with Gasteiger partial charge in [0.25, 0.3) is 5.56 Å². The van der Waals surface area contributed by atoms with Crippen molar-refractivity contribution >= 4 is 33.7 Å². The lowest BCUT2D eigenvalue weighted by Gasteiger charge is -2.23. The van der Waals surface area contributed by atoms with Crippen LogP contribution in [-0.2, 0) is 16.0 Å². The minimum atomic E-state index is -1.61. The first kappa shape index (κ1) is 22.0. The summed E-state index contributed by atoms with van der Waals surface area (Å²) in [7, 11) is 0. The molecule has 4 aromatic rings. The second-order valence-corrected chi connectivity index (χ2v) is 7.80. The van der Waals surface area contributed by atoms with E-state index in [9.17, 15) is 29.4 Å². The predicted octanol–water partition coefficient (Wildman–Crippen LogP) is 0.905. The van der Waals surface area contributed by atoms with E-state index in [1.807, 2.05) is 24.3 Å². The fourth-order valence-electron chi connectivity index (χ4n) is 3.91. The lowest BCUT2D eigenvalue weighted by molar-refractivity contribution is -0.145. The lowest BCUT2D eigenvalue weighted by atomic mass is 10.0. The first-order valence-corrected chi connectivity index (χ1v) is 10.3. The molecule has 0 radical (unpaired) electrons. The molecule has 0 fully saturated rings. The van der Waals surface area contributed by atoms with Gasteiger partial charge in [-0.2, -0.15) is 0 Å². The van der Waals surface area contributed by atoms with Crippen molar-refractivity contribution < 1.29 is 19.8 Å². The van der Waals surface area contributed by atoms with Crippen molar-refractivity contribution in [2.45, 2.75) is 31.5 Å². The molecule has 170 valence electrons. The summed E-state index contributed by atoms with van der Waals surface area (Å²) in [4.78, 5) is 56.6. The van der Waals surface area contributed by atoms with Gasteiger partial charge in [0.05, 0.1) is 17.0 Å². The first-order chi connectivity index (χ1) is 15.8. The molecule has 0 aliphatic carbocycles. The summed E-state index contributed by atoms with van der Waals surface area (Å²) < 4.78 is 0.792. The maximum Gasteiger partial charge on any atom is 0.329 e. The number of carboxylic acids is 1. The van der Waals surface area contributed by atoms with E-state index in [2.05, 4.69) is 15.3 Å². The van der Waals surface area contributed by atoms with Crippen LogP contribution in [0.25, 0.3) is 21.8 Å². The van der Waals surface area contributed by atoms with Gasteiger partial charge in [0.15, 0.2) is 6.04 Å². The number of aliphatic carboxylic acids is 1. The van der Waals surface area contributed by atoms with Crippen LogP contribution >= 0.6 is 0 Å². The number of aliphatic hydroxyl groups is 1. The molecule has 5 N–H and O–H groups in total. The molecule has 0 bridgehead atoms. The van der Waals surface area contributed by atoms with E-state index < -0.39 is 41.3 Å². The van der Waals surface area contributed by atoms with Gasteiger partial charge in [0, 0.05) is 23.5 Å². The minimum Gasteiger partial charge on any atom is -0.480 e. The summed E-state index contributed by atoms with van der Waals surface area (Å²) in [5, 5.41) is 22.4. The molecule has 0 aliphatic rings. The standard InChI is InChI=1S/C23H22N4O6/c1-12(28)19(22(31)32)26-20(29)18(10-13-11-24-16-8-4-2-6-14(13)16)27-21(30)15-7-3-5-9-17(15)25-23(27)33/h2-9,11-12,18-19,24,28H,10H2,1H3,(H,25,33)(H,26,29)(H,31,32)/t12-,18+,19+/m0/s1. The van der Waals surface area contributed by atoms with E-state index in [1.54, 1.807) is 24.4 Å². The van der Waals surface area contributed by atoms with Crippen molar-refractivity contribution in [3.8, 4) is 0 Å². The number of para-hydroxylation sites is 2. The highest BCUT2D eigenvalue weighted by Crippen LogP contribution is 2.22. The molecule has 4 rings (SSSR count). The van der Waals surface area contributed by atoms with Crippen LogP contribution in [0.1, 0.15) is 18.5 Å². The lowest BCUT2D eigenvalue weighted by Crippen LogP contribution is -2.52. The molecule has 1 amide bonds. The smallest absolute Gasteiger partial charge is 0.329 e. The largest absolute Gasteiger partial charge is 0.480 e. The third-order valence-corrected chi connectivity index (χ3v) is 5.59. The second-order valence-electron chi connectivity index (χ2n) is 7.80. The van der Waals surface area contributed by atoms with Gasteiger partial charge in [0.1, 0.15) is 6.04 Å². The Labute approximate surface area is 186 Å². The molecule has 0 saturated carbocycles. The van der Waals surface area contributed by atoms with Crippen LogP contribution in [-0.4, -0.2) is 48.8 Å². The summed E-state index contributed by atoms with van der Waals surface area (Å²) >= 11 is 0. The Morgan fingerprint density at radius 3 is 2.33 bits per heavy atom. The first-order valence-electron chi connectivity index (χ1n) is 10.3. The summed E-state index contributed by atoms with van der Waals surface area (Å²) in [6, 6.07) is 10.8. The Morgan fingerprint density at radius 2 is 1.67 bits per heavy atom. The zero-order chi connectivity index (χ0) is 23.7. The van der Waals surface area contributed by atoms with Crippen molar-refractivity contribution in [3.63, 3.8) is 0 Å². The van der Waals surface area contributed by atoms with E-state index >= 15 is 0 Å². The Balaban J connectivity index is 1.85. The van der Waals surface area contributed by atoms with Gasteiger partial charge >= 0.3 is 11.7 Å². The van der Waals surface area contributed by atoms with E-state index in [0.29, 0.717) is 11.1 Å². The summed E-state index contributed by atoms with van der Waals surface area (Å²) in [6.45, 7) is 1.22. The molecule has 2 heterocycles. The Kier molecular flexibility index (Phi) is 5.84. The molecular formula is C23H22N4O6. The molecule has 0 saturated heterocycles. The number of nitrogens with one attached hydrogen (secondary N) is 3. The average molecular weight is 450 g/mol. The van der Waals surface area contributed by atoms with Crippen LogP contribution < -0.4 is 16.6 Å². The normalized spacial score (nSPS) is 14.1. The molecule has 3 atom stereocenters. The topological polar surface area (TPSA) is 157 Å². The number of amides is 1. The van der Waals surface area contributed by atoms with E-state index in [1.165, 1.54) is 13.0 Å². The summed E-state index contributed by atoms with van der Waals surface area (Å²) in [5.41, 5.74) is 0.302. The van der Waals surface area contributed by atoms with Crippen molar-refractivity contribution in [3.05, 3.63) is 81.1 Å². The number of aromatic amines is 2. The Morgan fingerprint density at radius 1 is 1.03 bits per heavy atom. The molecule has 0 unspecified atom stereocenters. The van der Waals surface area contributed by atoms with Gasteiger partial charge in [-0.3, -0.25) is 9.59 Å². The molecule has 0 spiro atoms. The van der Waals surface area contributed by atoms with Crippen LogP contribution in [0, 0.1) is 0 Å². The van der Waals surface area contributed by atoms with Crippen LogP contribution in [0.3, 0.4) is 0 Å². The highest BCUT2D eigenvalue weighted by atomic mass is 16.4. The maximum absolute atomic E-state index is 13.3. The number of carboxylic acid groups (broad SMARTS) is 1. The maximum atomic E-state index is 13.3. The molecule has 2 aromatic carbocycles. The Hall–Kier alpha value is -4.18. The molecule has 10 heteroatoms. The highest BCUT2D eigenvalue weighted by Gasteiger charge is 2.32. The van der Waals surface area contributed by atoms with Crippen LogP contribution in [0.4, 0.5) is 0 Å². The molecule has 2 aromatic heterocycles. The van der Waals surface area contributed by atoms with Gasteiger partial charge < -0.3 is 25.5 Å². The number of carbonyl (C=O) groups is 2. The molecule has 33 heavy (non-hydrogen) atoms. The number of aliphatic hydroxyl groups excluding tert-OH is 1. The number of hydrogen-bond acceptors (Lipinski definition) is 5. The van der Waals surface area contributed by atoms with Gasteiger partial charge in [0.2, 0.25) is 5.91 Å². The number of hydrogen-bond donors (Lipinski definition) is 5. The van der Waals surface area contributed by atoms with Gasteiger partial charge in [-0.25, -0.2) is 14.2 Å². The monoisotopic (exact) mass is 450 g/mol. The van der Waals surface area contributed by atoms with E-state index in [0.717, 1.165) is 15.5 Å². The third-order valence-electron chi connectivity index (χ3n) is 5.59. The highest BCUT2D eigenvalue weighted by molar-refractivity contribution is 5.88. The van der Waals surface area contributed by atoms with Crippen LogP contribution in [0.5, 0.6) is 0 Å². The zero-order valence-corrected chi connectivity index (χ0v) is 17.6. The summed E-state index contributed by atoms with van der Waals surface area (Å²) in [6.07, 6.45) is 0.213. The van der Waals surface area contributed by atoms with E-state index in [4.69, 9.17) is 0 Å². The van der Waals surface area contributed by atoms with Crippen LogP contribution in [0.15, 0.2) is 64.3 Å². The zero-order valence-electron chi connectivity index (χ0n) is 17.6. The van der Waals surface area contributed by atoms with Crippen molar-refractivity contribution in [1.29, 1.82) is 0 Å². The number of rotatable bonds is 7. The number of benzene rings is 2. The summed E-state index contributed by atoms with van der Waals surface area (Å²) in [5.74, 6) is -2.32. The Bertz CT molecular complexity index is 1470. The number of fused-ring (bicyclic) bond motifs is 2. The fraction of sp³-hybridized carbons (Fsp3) is 0.217. The average Bonchev–Trinajstić information content (AvgIpc) is 3.19. The van der Waals surface area contributed by atoms with Crippen molar-refractivity contribution in [1.82, 2.24) is 19.9 Å². The molecular weight excluding hydrogens is 428 g/mol. The van der Waals surface area contributed by atoms with Crippen molar-refractivity contribution in [2.75, 3.05) is 0 Å². The SMILES string of the molecule is C[C@H](O)[C@@H](NC(=O)[C@@H](Cc1c[nH]c2ccccc12)n1c(=O)[nH]c2ccccc2c1=O)C(=O)O. The third kappa shape index (κ3) is 4.15. The van der Waals surface area contributed by atoms with Gasteiger partial charge in [-0.1, -0.05) is 30.3 Å². The van der Waals surface area contributed by atoms with E-state index in [-0.39, 0.29) is 11.8 Å². The predicted molar refractivity (Wildman–Crippen MR) is 121 cm³/mol. The molecule has 10 nitrogen and oxygen atoms in total. The fourth-order valence-corrected chi connectivity index (χ4v) is 3.91. The quantitative estimate of drug-likeness (QED) is 0.282. The van der Waals surface area contributed by atoms with Crippen molar-refractivity contribution in [2.24, 2.45) is 0 Å². The molecule has 0 aliphatic heterocycles. The number of nitrogens with zero attached hydrogens (tertiary/aromatic N) is 1.